The third-order valence-electron chi connectivity index (χ3n) is 5.84. The van der Waals surface area contributed by atoms with Gasteiger partial charge in [0, 0.05) is 41.3 Å². The third-order valence-corrected chi connectivity index (χ3v) is 6.82. The van der Waals surface area contributed by atoms with Gasteiger partial charge in [-0.15, -0.1) is 11.3 Å². The van der Waals surface area contributed by atoms with Crippen molar-refractivity contribution in [3.05, 3.63) is 87.2 Å². The maximum Gasteiger partial charge on any atom is 0.350 e. The molecule has 0 bridgehead atoms. The molecule has 3 heterocycles. The molecule has 9 nitrogen and oxygen atoms in total. The predicted octanol–water partition coefficient (Wildman–Crippen LogP) is 3.63. The number of thiophene rings is 1. The molecule has 0 spiro atoms. The second kappa shape index (κ2) is 8.73. The number of aromatic nitrogens is 4. The van der Waals surface area contributed by atoms with Crippen molar-refractivity contribution in [2.75, 3.05) is 5.32 Å². The summed E-state index contributed by atoms with van der Waals surface area (Å²) >= 11 is 1.37. The first-order chi connectivity index (χ1) is 16.9. The van der Waals surface area contributed by atoms with Gasteiger partial charge in [0.2, 0.25) is 5.91 Å². The number of primary amides is 1. The first-order valence-corrected chi connectivity index (χ1v) is 11.8. The van der Waals surface area contributed by atoms with Crippen molar-refractivity contribution >= 4 is 39.7 Å². The van der Waals surface area contributed by atoms with Crippen LogP contribution in [0.2, 0.25) is 0 Å². The van der Waals surface area contributed by atoms with Crippen LogP contribution in [0.1, 0.15) is 27.0 Å². The Balaban J connectivity index is 1.49. The highest BCUT2D eigenvalue weighted by atomic mass is 32.1. The summed E-state index contributed by atoms with van der Waals surface area (Å²) in [5.74, 6) is -0.805. The number of rotatable bonds is 6. The molecule has 3 aromatic heterocycles. The van der Waals surface area contributed by atoms with Crippen molar-refractivity contribution in [2.24, 2.45) is 12.8 Å². The summed E-state index contributed by atoms with van der Waals surface area (Å²) in [6.45, 7) is 2.69. The summed E-state index contributed by atoms with van der Waals surface area (Å²) in [6, 6.07) is 16.3. The highest BCUT2D eigenvalue weighted by molar-refractivity contribution is 7.14. The highest BCUT2D eigenvalue weighted by Gasteiger charge is 2.20. The fourth-order valence-electron chi connectivity index (χ4n) is 4.11. The molecule has 0 aliphatic heterocycles. The van der Waals surface area contributed by atoms with Gasteiger partial charge in [-0.05, 0) is 48.9 Å². The number of anilines is 1. The molecule has 0 aliphatic carbocycles. The van der Waals surface area contributed by atoms with E-state index in [4.69, 9.17) is 5.73 Å². The van der Waals surface area contributed by atoms with Crippen molar-refractivity contribution < 1.29 is 9.59 Å². The molecule has 176 valence electrons. The summed E-state index contributed by atoms with van der Waals surface area (Å²) in [4.78, 5) is 37.4. The van der Waals surface area contributed by atoms with Gasteiger partial charge in [-0.25, -0.2) is 14.0 Å². The molecule has 0 saturated carbocycles. The molecular formula is C25H22N6O3S. The molecule has 3 N–H and O–H groups in total. The lowest BCUT2D eigenvalue weighted by molar-refractivity contribution is 0.0996. The number of hydrogen-bond acceptors (Lipinski definition) is 5. The Kier molecular flexibility index (Phi) is 5.58. The van der Waals surface area contributed by atoms with Gasteiger partial charge in [0.25, 0.3) is 5.91 Å². The van der Waals surface area contributed by atoms with E-state index in [1.165, 1.54) is 26.9 Å². The van der Waals surface area contributed by atoms with Gasteiger partial charge in [-0.2, -0.15) is 5.10 Å². The van der Waals surface area contributed by atoms with Crippen molar-refractivity contribution in [2.45, 2.75) is 13.5 Å². The number of aryl methyl sites for hydroxylation is 2. The maximum absolute atomic E-state index is 13.1. The van der Waals surface area contributed by atoms with E-state index in [1.807, 2.05) is 36.6 Å². The minimum atomic E-state index is -0.552. The molecule has 0 radical (unpaired) electrons. The Bertz CT molecular complexity index is 1640. The van der Waals surface area contributed by atoms with Crippen LogP contribution in [0.5, 0.6) is 0 Å². The molecule has 0 atom stereocenters. The number of nitrogens with zero attached hydrogens (tertiary/aromatic N) is 4. The van der Waals surface area contributed by atoms with Crippen LogP contribution in [-0.2, 0) is 13.6 Å². The van der Waals surface area contributed by atoms with Crippen LogP contribution in [0, 0.1) is 0 Å². The largest absolute Gasteiger partial charge is 0.366 e. The Morgan fingerprint density at radius 1 is 1.11 bits per heavy atom. The SMILES string of the molecule is CCn1c(-c2ccc(-n3cnn(C)c3=O)cc2)cc2csc(C(=O)Nc3cccc(C(N)=O)c3)c21. The zero-order valence-corrected chi connectivity index (χ0v) is 19.9. The van der Waals surface area contributed by atoms with Crippen molar-refractivity contribution in [1.29, 1.82) is 0 Å². The van der Waals surface area contributed by atoms with Crippen LogP contribution >= 0.6 is 11.3 Å². The topological polar surface area (TPSA) is 117 Å². The van der Waals surface area contributed by atoms with Crippen LogP contribution in [0.4, 0.5) is 5.69 Å². The van der Waals surface area contributed by atoms with E-state index in [0.29, 0.717) is 22.7 Å². The van der Waals surface area contributed by atoms with Crippen LogP contribution in [0.25, 0.3) is 27.8 Å². The van der Waals surface area contributed by atoms with Gasteiger partial charge in [0.1, 0.15) is 11.2 Å². The number of carbonyl (C=O) groups excluding carboxylic acids is 2. The molecular weight excluding hydrogens is 464 g/mol. The van der Waals surface area contributed by atoms with Gasteiger partial charge in [-0.1, -0.05) is 18.2 Å². The van der Waals surface area contributed by atoms with Crippen LogP contribution in [-0.4, -0.2) is 30.7 Å². The standard InChI is InChI=1S/C25H22N6O3S/c1-3-30-20(15-7-9-19(10-8-15)31-14-27-29(2)25(31)34)12-17-13-35-22(21(17)30)24(33)28-18-6-4-5-16(11-18)23(26)32/h4-14H,3H2,1-2H3,(H2,26,32)(H,28,33). The van der Waals surface area contributed by atoms with Crippen molar-refractivity contribution in [3.63, 3.8) is 0 Å². The zero-order valence-electron chi connectivity index (χ0n) is 19.1. The van der Waals surface area contributed by atoms with E-state index >= 15 is 0 Å². The number of nitrogens with two attached hydrogens (primary N) is 1. The first-order valence-electron chi connectivity index (χ1n) is 10.9. The Hall–Kier alpha value is -4.44. The molecule has 10 heteroatoms. The molecule has 35 heavy (non-hydrogen) atoms. The minimum absolute atomic E-state index is 0.216. The summed E-state index contributed by atoms with van der Waals surface area (Å²) in [5, 5.41) is 9.80. The molecule has 0 fully saturated rings. The monoisotopic (exact) mass is 486 g/mol. The summed E-state index contributed by atoms with van der Waals surface area (Å²) in [7, 11) is 1.61. The van der Waals surface area contributed by atoms with Gasteiger partial charge in [0.15, 0.2) is 0 Å². The molecule has 5 aromatic rings. The van der Waals surface area contributed by atoms with Crippen LogP contribution in [0.3, 0.4) is 0 Å². The average molecular weight is 487 g/mol. The van der Waals surface area contributed by atoms with E-state index in [1.54, 1.807) is 31.3 Å². The Labute approximate surface area is 204 Å². The second-order valence-electron chi connectivity index (χ2n) is 8.00. The summed E-state index contributed by atoms with van der Waals surface area (Å²) in [5.41, 5.74) is 9.49. The number of amides is 2. The molecule has 2 amide bonds. The number of nitrogens with one attached hydrogen (secondary N) is 1. The lowest BCUT2D eigenvalue weighted by Crippen LogP contribution is -2.21. The molecule has 5 rings (SSSR count). The first kappa shape index (κ1) is 22.4. The smallest absolute Gasteiger partial charge is 0.350 e. The fourth-order valence-corrected chi connectivity index (χ4v) is 5.03. The van der Waals surface area contributed by atoms with Crippen LogP contribution in [0.15, 0.2) is 71.1 Å². The lowest BCUT2D eigenvalue weighted by Gasteiger charge is -2.11. The van der Waals surface area contributed by atoms with Gasteiger partial charge in [0.05, 0.1) is 11.2 Å². The molecule has 0 saturated heterocycles. The maximum atomic E-state index is 13.1. The quantitative estimate of drug-likeness (QED) is 0.381. The lowest BCUT2D eigenvalue weighted by atomic mass is 10.1. The van der Waals surface area contributed by atoms with E-state index in [2.05, 4.69) is 21.0 Å². The van der Waals surface area contributed by atoms with E-state index in [0.717, 1.165) is 27.8 Å². The van der Waals surface area contributed by atoms with E-state index < -0.39 is 5.91 Å². The van der Waals surface area contributed by atoms with Crippen molar-refractivity contribution in [3.8, 4) is 16.9 Å². The Morgan fingerprint density at radius 2 is 1.89 bits per heavy atom. The summed E-state index contributed by atoms with van der Waals surface area (Å²) in [6.07, 6.45) is 1.49. The normalized spacial score (nSPS) is 11.1. The summed E-state index contributed by atoms with van der Waals surface area (Å²) < 4.78 is 4.86. The molecule has 2 aromatic carbocycles. The van der Waals surface area contributed by atoms with Crippen LogP contribution < -0.4 is 16.7 Å². The number of hydrogen-bond donors (Lipinski definition) is 2. The van der Waals surface area contributed by atoms with E-state index in [-0.39, 0.29) is 11.6 Å². The number of carbonyl (C=O) groups is 2. The highest BCUT2D eigenvalue weighted by Crippen LogP contribution is 2.34. The number of benzene rings is 2. The van der Waals surface area contributed by atoms with E-state index in [9.17, 15) is 14.4 Å². The minimum Gasteiger partial charge on any atom is -0.366 e. The Morgan fingerprint density at radius 3 is 2.54 bits per heavy atom. The zero-order chi connectivity index (χ0) is 24.7. The van der Waals surface area contributed by atoms with Gasteiger partial charge >= 0.3 is 5.69 Å². The second-order valence-corrected chi connectivity index (χ2v) is 8.88. The third kappa shape index (κ3) is 3.93. The predicted molar refractivity (Wildman–Crippen MR) is 136 cm³/mol. The fraction of sp³-hybridized carbons (Fsp3) is 0.120. The molecule has 0 aliphatic rings. The molecule has 0 unspecified atom stereocenters. The van der Waals surface area contributed by atoms with Gasteiger partial charge < -0.3 is 15.6 Å². The van der Waals surface area contributed by atoms with Gasteiger partial charge in [-0.3, -0.25) is 9.59 Å². The number of fused-ring (bicyclic) bond motifs is 1. The van der Waals surface area contributed by atoms with Crippen molar-refractivity contribution in [1.82, 2.24) is 18.9 Å². The average Bonchev–Trinajstić information content (AvgIpc) is 3.53.